The summed E-state index contributed by atoms with van der Waals surface area (Å²) in [6, 6.07) is 7.20. The van der Waals surface area contributed by atoms with E-state index in [1.165, 1.54) is 50.5 Å². The van der Waals surface area contributed by atoms with E-state index in [4.69, 9.17) is 27.9 Å². The summed E-state index contributed by atoms with van der Waals surface area (Å²) in [5.41, 5.74) is 1.25. The molecule has 1 aromatic carbocycles. The van der Waals surface area contributed by atoms with Gasteiger partial charge in [0.1, 0.15) is 6.10 Å². The number of benzene rings is 1. The molecule has 0 N–H and O–H groups in total. The van der Waals surface area contributed by atoms with Crippen LogP contribution in [0.25, 0.3) is 0 Å². The third kappa shape index (κ3) is 4.84. The molecule has 166 valence electrons. The summed E-state index contributed by atoms with van der Waals surface area (Å²) in [6.07, 6.45) is 12.7. The highest BCUT2D eigenvalue weighted by Crippen LogP contribution is 2.53. The highest BCUT2D eigenvalue weighted by Gasteiger charge is 2.56. The Morgan fingerprint density at radius 2 is 1.83 bits per heavy atom. The van der Waals surface area contributed by atoms with Gasteiger partial charge in [-0.3, -0.25) is 9.69 Å². The Hall–Kier alpha value is -0.770. The molecule has 3 aliphatic rings. The van der Waals surface area contributed by atoms with Crippen molar-refractivity contribution >= 4 is 29.2 Å². The van der Waals surface area contributed by atoms with Crippen molar-refractivity contribution in [2.45, 2.75) is 102 Å². The zero-order chi connectivity index (χ0) is 21.1. The topological polar surface area (TPSA) is 29.5 Å². The molecule has 6 atom stereocenters. The molecule has 0 aromatic heterocycles. The number of ether oxygens (including phenoxy) is 1. The maximum atomic E-state index is 12.6. The van der Waals surface area contributed by atoms with Crippen molar-refractivity contribution in [3.05, 3.63) is 33.8 Å². The molecule has 5 heteroatoms. The predicted octanol–water partition coefficient (Wildman–Crippen LogP) is 7.00. The second-order valence-electron chi connectivity index (χ2n) is 9.49. The number of rotatable bonds is 10. The van der Waals surface area contributed by atoms with Gasteiger partial charge in [-0.25, -0.2) is 0 Å². The highest BCUT2D eigenvalue weighted by molar-refractivity contribution is 6.42. The van der Waals surface area contributed by atoms with E-state index in [0.29, 0.717) is 40.4 Å². The molecule has 3 fully saturated rings. The molecule has 0 spiro atoms. The summed E-state index contributed by atoms with van der Waals surface area (Å²) in [5.74, 6) is 0.762. The van der Waals surface area contributed by atoms with Crippen molar-refractivity contribution in [1.82, 2.24) is 4.90 Å². The maximum absolute atomic E-state index is 12.6. The first-order chi connectivity index (χ1) is 14.6. The quantitative estimate of drug-likeness (QED) is 0.283. The van der Waals surface area contributed by atoms with Crippen LogP contribution in [0.15, 0.2) is 18.2 Å². The number of piperidine rings is 1. The van der Waals surface area contributed by atoms with E-state index in [1.807, 2.05) is 12.1 Å². The van der Waals surface area contributed by atoms with Crippen LogP contribution < -0.4 is 0 Å². The Labute approximate surface area is 191 Å². The smallest absolute Gasteiger partial charge is 0.306 e. The average Bonchev–Trinajstić information content (AvgIpc) is 3.14. The fraction of sp³-hybridized carbons (Fsp3) is 0.720. The van der Waals surface area contributed by atoms with Gasteiger partial charge < -0.3 is 4.74 Å². The van der Waals surface area contributed by atoms with Crippen LogP contribution in [-0.4, -0.2) is 35.6 Å². The van der Waals surface area contributed by atoms with Gasteiger partial charge in [-0.05, 0) is 49.3 Å². The van der Waals surface area contributed by atoms with Crippen molar-refractivity contribution in [3.8, 4) is 0 Å². The minimum absolute atomic E-state index is 0.00827. The minimum Gasteiger partial charge on any atom is -0.461 e. The van der Waals surface area contributed by atoms with Gasteiger partial charge in [0.25, 0.3) is 0 Å². The molecule has 3 heterocycles. The molecule has 1 aromatic rings. The number of halogens is 2. The molecule has 0 amide bonds. The van der Waals surface area contributed by atoms with Crippen molar-refractivity contribution in [2.75, 3.05) is 6.54 Å². The predicted molar refractivity (Wildman–Crippen MR) is 123 cm³/mol. The second kappa shape index (κ2) is 10.2. The van der Waals surface area contributed by atoms with Gasteiger partial charge in [0.15, 0.2) is 0 Å². The van der Waals surface area contributed by atoms with Crippen LogP contribution in [0.1, 0.15) is 89.0 Å². The van der Waals surface area contributed by atoms with Gasteiger partial charge in [-0.2, -0.15) is 0 Å². The van der Waals surface area contributed by atoms with E-state index in [1.54, 1.807) is 0 Å². The first-order valence-corrected chi connectivity index (χ1v) is 12.7. The molecule has 3 aliphatic heterocycles. The second-order valence-corrected chi connectivity index (χ2v) is 10.3. The summed E-state index contributed by atoms with van der Waals surface area (Å²) in [4.78, 5) is 15.2. The lowest BCUT2D eigenvalue weighted by atomic mass is 9.76. The number of hydrogen-bond donors (Lipinski definition) is 0. The summed E-state index contributed by atoms with van der Waals surface area (Å²) in [5, 5.41) is 1.22. The van der Waals surface area contributed by atoms with Crippen molar-refractivity contribution in [1.29, 1.82) is 0 Å². The summed E-state index contributed by atoms with van der Waals surface area (Å²) < 4.78 is 6.09. The molecular formula is C25H35Cl2NO2. The highest BCUT2D eigenvalue weighted by atomic mass is 35.5. The van der Waals surface area contributed by atoms with Gasteiger partial charge in [0.2, 0.25) is 0 Å². The molecule has 30 heavy (non-hydrogen) atoms. The van der Waals surface area contributed by atoms with Crippen molar-refractivity contribution in [3.63, 3.8) is 0 Å². The maximum Gasteiger partial charge on any atom is 0.306 e. The first-order valence-electron chi connectivity index (χ1n) is 12.0. The van der Waals surface area contributed by atoms with E-state index in [9.17, 15) is 4.79 Å². The van der Waals surface area contributed by atoms with Gasteiger partial charge in [-0.15, -0.1) is 0 Å². The Morgan fingerprint density at radius 3 is 2.60 bits per heavy atom. The summed E-state index contributed by atoms with van der Waals surface area (Å²) in [7, 11) is 0. The molecule has 3 saturated heterocycles. The molecule has 0 saturated carbocycles. The van der Waals surface area contributed by atoms with E-state index in [-0.39, 0.29) is 12.1 Å². The molecule has 0 aliphatic carbocycles. The molecular weight excluding hydrogens is 417 g/mol. The van der Waals surface area contributed by atoms with Gasteiger partial charge in [0.05, 0.1) is 10.0 Å². The standard InChI is InChI=1S/C25H35Cl2NO2/c1-2-3-4-5-6-7-8-9-24(29)30-23-16-28-18-11-13-22(28)25(23)19(15-18)17-10-12-20(26)21(27)14-17/h10,12,14,18-19,22-23,25H,2-9,11,13,15-16H2,1H3/t18-,19+,22+,23+,25-/m0/s1. The van der Waals surface area contributed by atoms with Crippen LogP contribution in [0.5, 0.6) is 0 Å². The van der Waals surface area contributed by atoms with Crippen LogP contribution in [-0.2, 0) is 9.53 Å². The number of nitrogens with zero attached hydrogens (tertiary/aromatic N) is 1. The molecule has 4 rings (SSSR count). The minimum atomic E-state index is -0.00827. The summed E-state index contributed by atoms with van der Waals surface area (Å²) in [6.45, 7) is 3.14. The molecule has 1 unspecified atom stereocenters. The van der Waals surface area contributed by atoms with Gasteiger partial charge in [-0.1, -0.05) is 74.7 Å². The molecule has 0 radical (unpaired) electrons. The van der Waals surface area contributed by atoms with Crippen LogP contribution >= 0.6 is 23.2 Å². The van der Waals surface area contributed by atoms with Crippen LogP contribution in [0.3, 0.4) is 0 Å². The fourth-order valence-corrected chi connectivity index (χ4v) is 6.45. The van der Waals surface area contributed by atoms with E-state index in [0.717, 1.165) is 25.8 Å². The molecule has 3 nitrogen and oxygen atoms in total. The SMILES string of the molecule is CCCCCCCCCC(=O)O[C@@H]1CN2[C@H]3CC[C@@H]2[C@@H]1[C@@H](c1ccc(Cl)c(Cl)c1)C3. The number of esters is 1. The van der Waals surface area contributed by atoms with E-state index >= 15 is 0 Å². The largest absolute Gasteiger partial charge is 0.461 e. The Kier molecular flexibility index (Phi) is 7.65. The van der Waals surface area contributed by atoms with Crippen molar-refractivity contribution < 1.29 is 9.53 Å². The van der Waals surface area contributed by atoms with Crippen LogP contribution in [0.4, 0.5) is 0 Å². The lowest BCUT2D eigenvalue weighted by molar-refractivity contribution is -0.150. The van der Waals surface area contributed by atoms with E-state index in [2.05, 4.69) is 17.9 Å². The lowest BCUT2D eigenvalue weighted by Crippen LogP contribution is -2.41. The molecule has 4 bridgehead atoms. The van der Waals surface area contributed by atoms with Gasteiger partial charge in [0, 0.05) is 31.0 Å². The van der Waals surface area contributed by atoms with Crippen molar-refractivity contribution in [2.24, 2.45) is 5.92 Å². The average molecular weight is 452 g/mol. The Bertz CT molecular complexity index is 740. The third-order valence-corrected chi connectivity index (χ3v) is 8.32. The normalized spacial score (nSPS) is 31.8. The lowest BCUT2D eigenvalue weighted by Gasteiger charge is -2.37. The number of hydrogen-bond acceptors (Lipinski definition) is 3. The monoisotopic (exact) mass is 451 g/mol. The van der Waals surface area contributed by atoms with E-state index < -0.39 is 0 Å². The van der Waals surface area contributed by atoms with Crippen LogP contribution in [0, 0.1) is 5.92 Å². The summed E-state index contributed by atoms with van der Waals surface area (Å²) >= 11 is 12.5. The zero-order valence-corrected chi connectivity index (χ0v) is 19.6. The number of carbonyl (C=O) groups excluding carboxylic acids is 1. The first kappa shape index (κ1) is 22.4. The van der Waals surface area contributed by atoms with Gasteiger partial charge >= 0.3 is 5.97 Å². The number of carbonyl (C=O) groups is 1. The zero-order valence-electron chi connectivity index (χ0n) is 18.1. The Balaban J connectivity index is 1.34. The third-order valence-electron chi connectivity index (χ3n) is 7.58. The Morgan fingerprint density at radius 1 is 1.07 bits per heavy atom. The number of unbranched alkanes of at least 4 members (excludes halogenated alkanes) is 6. The fourth-order valence-electron chi connectivity index (χ4n) is 6.14. The van der Waals surface area contributed by atoms with Crippen LogP contribution in [0.2, 0.25) is 10.0 Å².